The lowest BCUT2D eigenvalue weighted by Gasteiger charge is -2.15. The number of hydrogen-bond acceptors (Lipinski definition) is 5. The predicted octanol–water partition coefficient (Wildman–Crippen LogP) is 0.913. The molecule has 7 nitrogen and oxygen atoms in total. The molecule has 0 aliphatic carbocycles. The number of rotatable bonds is 7. The quantitative estimate of drug-likeness (QED) is 0.707. The first-order valence-electron chi connectivity index (χ1n) is 8.40. The molecule has 0 spiro atoms. The summed E-state index contributed by atoms with van der Waals surface area (Å²) in [6.07, 6.45) is 0. The predicted molar refractivity (Wildman–Crippen MR) is 99.7 cm³/mol. The van der Waals surface area contributed by atoms with Crippen molar-refractivity contribution < 1.29 is 28.8 Å². The van der Waals surface area contributed by atoms with Crippen LogP contribution in [0.3, 0.4) is 0 Å². The van der Waals surface area contributed by atoms with Crippen LogP contribution >= 0.6 is 0 Å². The van der Waals surface area contributed by atoms with Crippen molar-refractivity contribution >= 4 is 23.5 Å². The van der Waals surface area contributed by atoms with Crippen LogP contribution in [0.1, 0.15) is 26.3 Å². The lowest BCUT2D eigenvalue weighted by atomic mass is 10.1. The normalized spacial score (nSPS) is 11.4. The summed E-state index contributed by atoms with van der Waals surface area (Å²) in [4.78, 5) is 37.1. The number of carbonyl (C=O) groups excluding carboxylic acids is 3. The van der Waals surface area contributed by atoms with E-state index < -0.39 is 11.9 Å². The lowest BCUT2D eigenvalue weighted by molar-refractivity contribution is -0.885. The first kappa shape index (κ1) is 20.1. The molecule has 0 saturated carbocycles. The summed E-state index contributed by atoms with van der Waals surface area (Å²) < 4.78 is 9.42. The molecule has 1 amide bonds. The molecule has 0 aliphatic rings. The van der Waals surface area contributed by atoms with E-state index in [1.807, 2.05) is 37.4 Å². The van der Waals surface area contributed by atoms with E-state index in [9.17, 15) is 14.4 Å². The summed E-state index contributed by atoms with van der Waals surface area (Å²) in [6, 6.07) is 14.1. The van der Waals surface area contributed by atoms with Crippen LogP contribution in [0.5, 0.6) is 0 Å². The molecule has 0 aliphatic heterocycles. The SMILES string of the molecule is COC(=O)c1ccc(C(=O)OC)c(NC(=O)C[NH+](C)Cc2ccccc2)c1. The number of carbonyl (C=O) groups is 3. The highest BCUT2D eigenvalue weighted by molar-refractivity contribution is 6.03. The van der Waals surface area contributed by atoms with E-state index in [0.717, 1.165) is 10.5 Å². The zero-order valence-electron chi connectivity index (χ0n) is 15.6. The molecule has 0 heterocycles. The van der Waals surface area contributed by atoms with Crippen molar-refractivity contribution in [3.05, 3.63) is 65.2 Å². The average Bonchev–Trinajstić information content (AvgIpc) is 2.67. The van der Waals surface area contributed by atoms with Crippen LogP contribution in [0.25, 0.3) is 0 Å². The fourth-order valence-electron chi connectivity index (χ4n) is 2.66. The van der Waals surface area contributed by atoms with Gasteiger partial charge < -0.3 is 19.7 Å². The molecule has 1 unspecified atom stereocenters. The minimum atomic E-state index is -0.605. The first-order chi connectivity index (χ1) is 12.9. The molecule has 2 aromatic rings. The van der Waals surface area contributed by atoms with Gasteiger partial charge in [0.25, 0.3) is 5.91 Å². The van der Waals surface area contributed by atoms with Gasteiger partial charge in [0.1, 0.15) is 6.54 Å². The maximum atomic E-state index is 12.4. The highest BCUT2D eigenvalue weighted by Crippen LogP contribution is 2.19. The van der Waals surface area contributed by atoms with Crippen molar-refractivity contribution in [3.8, 4) is 0 Å². The van der Waals surface area contributed by atoms with Crippen molar-refractivity contribution in [1.82, 2.24) is 0 Å². The molecule has 1 atom stereocenters. The molecular formula is C20H23N2O5+. The van der Waals surface area contributed by atoms with Crippen molar-refractivity contribution in [3.63, 3.8) is 0 Å². The van der Waals surface area contributed by atoms with Gasteiger partial charge in [-0.1, -0.05) is 30.3 Å². The Labute approximate surface area is 157 Å². The van der Waals surface area contributed by atoms with Gasteiger partial charge in [0.2, 0.25) is 0 Å². The number of esters is 2. The number of quaternary nitrogens is 1. The molecule has 2 N–H and O–H groups in total. The second-order valence-electron chi connectivity index (χ2n) is 6.09. The van der Waals surface area contributed by atoms with Crippen molar-refractivity contribution in [2.24, 2.45) is 0 Å². The van der Waals surface area contributed by atoms with Crippen LogP contribution in [-0.4, -0.2) is 45.7 Å². The highest BCUT2D eigenvalue weighted by atomic mass is 16.5. The van der Waals surface area contributed by atoms with Gasteiger partial charge in [0.05, 0.1) is 38.1 Å². The van der Waals surface area contributed by atoms with Crippen molar-refractivity contribution in [2.45, 2.75) is 6.54 Å². The number of nitrogens with one attached hydrogen (secondary N) is 2. The van der Waals surface area contributed by atoms with Gasteiger partial charge in [-0.25, -0.2) is 9.59 Å². The Morgan fingerprint density at radius 2 is 1.63 bits per heavy atom. The second kappa shape index (κ2) is 9.49. The van der Waals surface area contributed by atoms with E-state index in [0.29, 0.717) is 6.54 Å². The van der Waals surface area contributed by atoms with E-state index in [2.05, 4.69) is 10.1 Å². The van der Waals surface area contributed by atoms with Gasteiger partial charge in [0.15, 0.2) is 6.54 Å². The Kier molecular flexibility index (Phi) is 7.08. The van der Waals surface area contributed by atoms with Crippen molar-refractivity contribution in [2.75, 3.05) is 33.1 Å². The molecule has 142 valence electrons. The average molecular weight is 371 g/mol. The summed E-state index contributed by atoms with van der Waals surface area (Å²) in [5.74, 6) is -1.45. The summed E-state index contributed by atoms with van der Waals surface area (Å²) in [5, 5.41) is 2.69. The Morgan fingerprint density at radius 3 is 2.26 bits per heavy atom. The molecule has 0 fully saturated rings. The van der Waals surface area contributed by atoms with Crippen LogP contribution in [-0.2, 0) is 20.8 Å². The summed E-state index contributed by atoms with van der Waals surface area (Å²) in [6.45, 7) is 0.873. The standard InChI is InChI=1S/C20H22N2O5/c1-22(12-14-7-5-4-6-8-14)13-18(23)21-17-11-15(19(24)26-2)9-10-16(17)20(25)27-3/h4-11H,12-13H2,1-3H3,(H,21,23)/p+1. The summed E-state index contributed by atoms with van der Waals surface area (Å²) >= 11 is 0. The van der Waals surface area contributed by atoms with E-state index >= 15 is 0 Å². The Hall–Kier alpha value is -3.19. The Bertz CT molecular complexity index is 820. The Morgan fingerprint density at radius 1 is 0.963 bits per heavy atom. The number of ether oxygens (including phenoxy) is 2. The first-order valence-corrected chi connectivity index (χ1v) is 8.40. The van der Waals surface area contributed by atoms with Crippen LogP contribution in [0.4, 0.5) is 5.69 Å². The molecule has 0 aromatic heterocycles. The third-order valence-electron chi connectivity index (χ3n) is 3.93. The van der Waals surface area contributed by atoms with Crippen molar-refractivity contribution in [1.29, 1.82) is 0 Å². The van der Waals surface area contributed by atoms with E-state index in [1.54, 1.807) is 0 Å². The smallest absolute Gasteiger partial charge is 0.339 e. The largest absolute Gasteiger partial charge is 0.465 e. The van der Waals surface area contributed by atoms with Gasteiger partial charge in [-0.3, -0.25) is 4.79 Å². The number of methoxy groups -OCH3 is 2. The lowest BCUT2D eigenvalue weighted by Crippen LogP contribution is -3.08. The topological polar surface area (TPSA) is 86.1 Å². The fourth-order valence-corrected chi connectivity index (χ4v) is 2.66. The molecule has 0 radical (unpaired) electrons. The maximum Gasteiger partial charge on any atom is 0.339 e. The molecule has 7 heteroatoms. The van der Waals surface area contributed by atoms with Crippen LogP contribution in [0.2, 0.25) is 0 Å². The minimum absolute atomic E-state index is 0.166. The molecule has 0 bridgehead atoms. The monoisotopic (exact) mass is 371 g/mol. The van der Waals surface area contributed by atoms with Crippen LogP contribution in [0.15, 0.2) is 48.5 Å². The van der Waals surface area contributed by atoms with Crippen LogP contribution in [0, 0.1) is 0 Å². The van der Waals surface area contributed by atoms with Gasteiger partial charge in [0, 0.05) is 5.56 Å². The summed E-state index contributed by atoms with van der Waals surface area (Å²) in [5.41, 5.74) is 1.72. The van der Waals surface area contributed by atoms with E-state index in [1.165, 1.54) is 32.4 Å². The number of hydrogen-bond donors (Lipinski definition) is 2. The zero-order valence-corrected chi connectivity index (χ0v) is 15.6. The molecular weight excluding hydrogens is 348 g/mol. The zero-order chi connectivity index (χ0) is 19.8. The summed E-state index contributed by atoms with van der Waals surface area (Å²) in [7, 11) is 4.41. The number of likely N-dealkylation sites (N-methyl/N-ethyl adjacent to an activating group) is 1. The van der Waals surface area contributed by atoms with Gasteiger partial charge >= 0.3 is 11.9 Å². The molecule has 0 saturated heterocycles. The maximum absolute atomic E-state index is 12.4. The number of anilines is 1. The third-order valence-corrected chi connectivity index (χ3v) is 3.93. The molecule has 27 heavy (non-hydrogen) atoms. The fraction of sp³-hybridized carbons (Fsp3) is 0.250. The van der Waals surface area contributed by atoms with E-state index in [-0.39, 0.29) is 29.3 Å². The highest BCUT2D eigenvalue weighted by Gasteiger charge is 2.19. The number of benzene rings is 2. The van der Waals surface area contributed by atoms with Gasteiger partial charge in [-0.2, -0.15) is 0 Å². The van der Waals surface area contributed by atoms with Gasteiger partial charge in [-0.15, -0.1) is 0 Å². The van der Waals surface area contributed by atoms with E-state index in [4.69, 9.17) is 4.74 Å². The molecule has 2 rings (SSSR count). The minimum Gasteiger partial charge on any atom is -0.465 e. The second-order valence-corrected chi connectivity index (χ2v) is 6.09. The number of amides is 1. The third kappa shape index (κ3) is 5.65. The van der Waals surface area contributed by atoms with Crippen LogP contribution < -0.4 is 10.2 Å². The van der Waals surface area contributed by atoms with Gasteiger partial charge in [-0.05, 0) is 18.2 Å². The Balaban J connectivity index is 2.12. The molecule has 2 aromatic carbocycles.